The van der Waals surface area contributed by atoms with Gasteiger partial charge in [0, 0.05) is 30.2 Å². The number of nitrogens with two attached hydrogens (primary N) is 1. The Kier molecular flexibility index (Phi) is 4.16. The molecule has 0 amide bonds. The molecule has 3 nitrogen and oxygen atoms in total. The van der Waals surface area contributed by atoms with Gasteiger partial charge in [-0.1, -0.05) is 19.1 Å². The Morgan fingerprint density at radius 3 is 2.68 bits per heavy atom. The summed E-state index contributed by atoms with van der Waals surface area (Å²) in [5, 5.41) is 0. The summed E-state index contributed by atoms with van der Waals surface area (Å²) < 4.78 is 5.49. The van der Waals surface area contributed by atoms with Gasteiger partial charge in [0.15, 0.2) is 0 Å². The van der Waals surface area contributed by atoms with Gasteiger partial charge in [0.25, 0.3) is 0 Å². The summed E-state index contributed by atoms with van der Waals surface area (Å²) in [6.45, 7) is 8.61. The second kappa shape index (κ2) is 5.51. The minimum absolute atomic E-state index is 0.173. The number of benzene rings is 1. The van der Waals surface area contributed by atoms with E-state index in [9.17, 15) is 0 Å². The van der Waals surface area contributed by atoms with E-state index in [-0.39, 0.29) is 11.6 Å². The van der Waals surface area contributed by atoms with Crippen molar-refractivity contribution in [3.8, 4) is 5.75 Å². The molecule has 19 heavy (non-hydrogen) atoms. The third-order valence-corrected chi connectivity index (χ3v) is 4.19. The summed E-state index contributed by atoms with van der Waals surface area (Å²) in [7, 11) is 1.74. The number of aryl methyl sites for hydroxylation is 1. The molecule has 0 spiro atoms. The van der Waals surface area contributed by atoms with Crippen molar-refractivity contribution in [2.45, 2.75) is 51.7 Å². The van der Waals surface area contributed by atoms with E-state index in [4.69, 9.17) is 10.5 Å². The van der Waals surface area contributed by atoms with Gasteiger partial charge in [0.2, 0.25) is 0 Å². The SMILES string of the molecule is CCc1ccc(OC)c(CN2CC(N)CC2(C)C)c1. The highest BCUT2D eigenvalue weighted by molar-refractivity contribution is 5.37. The lowest BCUT2D eigenvalue weighted by molar-refractivity contribution is 0.164. The Labute approximate surface area is 116 Å². The van der Waals surface area contributed by atoms with Crippen LogP contribution in [0.1, 0.15) is 38.3 Å². The van der Waals surface area contributed by atoms with Crippen LogP contribution in [0.5, 0.6) is 5.75 Å². The molecule has 1 aliphatic rings. The van der Waals surface area contributed by atoms with E-state index in [0.717, 1.165) is 31.7 Å². The second-order valence-corrected chi connectivity index (χ2v) is 6.16. The number of hydrogen-bond donors (Lipinski definition) is 1. The first kappa shape index (κ1) is 14.4. The average molecular weight is 262 g/mol. The molecular formula is C16H26N2O. The zero-order valence-electron chi connectivity index (χ0n) is 12.6. The van der Waals surface area contributed by atoms with Crippen LogP contribution in [0.4, 0.5) is 0 Å². The summed E-state index contributed by atoms with van der Waals surface area (Å²) in [4.78, 5) is 2.47. The predicted octanol–water partition coefficient (Wildman–Crippen LogP) is 2.57. The molecule has 0 saturated carbocycles. The molecule has 1 saturated heterocycles. The van der Waals surface area contributed by atoms with E-state index in [0.29, 0.717) is 0 Å². The lowest BCUT2D eigenvalue weighted by atomic mass is 9.99. The maximum absolute atomic E-state index is 6.11. The van der Waals surface area contributed by atoms with Crippen molar-refractivity contribution in [2.24, 2.45) is 5.73 Å². The van der Waals surface area contributed by atoms with Crippen LogP contribution in [-0.2, 0) is 13.0 Å². The van der Waals surface area contributed by atoms with Gasteiger partial charge in [-0.3, -0.25) is 4.90 Å². The van der Waals surface area contributed by atoms with Crippen molar-refractivity contribution < 1.29 is 4.74 Å². The highest BCUT2D eigenvalue weighted by Crippen LogP contribution is 2.31. The Hall–Kier alpha value is -1.06. The highest BCUT2D eigenvalue weighted by atomic mass is 16.5. The van der Waals surface area contributed by atoms with E-state index in [1.165, 1.54) is 11.1 Å². The maximum Gasteiger partial charge on any atom is 0.123 e. The first-order chi connectivity index (χ1) is 8.96. The first-order valence-corrected chi connectivity index (χ1v) is 7.12. The van der Waals surface area contributed by atoms with Crippen LogP contribution in [-0.4, -0.2) is 30.1 Å². The van der Waals surface area contributed by atoms with Gasteiger partial charge in [-0.05, 0) is 38.3 Å². The Bertz CT molecular complexity index is 442. The quantitative estimate of drug-likeness (QED) is 0.906. The smallest absolute Gasteiger partial charge is 0.123 e. The van der Waals surface area contributed by atoms with Gasteiger partial charge in [0.05, 0.1) is 7.11 Å². The molecule has 0 aromatic heterocycles. The third kappa shape index (κ3) is 3.10. The van der Waals surface area contributed by atoms with Crippen LogP contribution >= 0.6 is 0 Å². The number of rotatable bonds is 4. The van der Waals surface area contributed by atoms with Crippen LogP contribution in [0.25, 0.3) is 0 Å². The van der Waals surface area contributed by atoms with Crippen molar-refractivity contribution in [1.82, 2.24) is 4.90 Å². The van der Waals surface area contributed by atoms with Crippen molar-refractivity contribution in [1.29, 1.82) is 0 Å². The molecular weight excluding hydrogens is 236 g/mol. The molecule has 3 heteroatoms. The van der Waals surface area contributed by atoms with Gasteiger partial charge in [-0.15, -0.1) is 0 Å². The minimum atomic E-state index is 0.173. The second-order valence-electron chi connectivity index (χ2n) is 6.16. The molecule has 1 heterocycles. The van der Waals surface area contributed by atoms with Crippen molar-refractivity contribution in [2.75, 3.05) is 13.7 Å². The van der Waals surface area contributed by atoms with E-state index in [1.807, 2.05) is 0 Å². The fourth-order valence-corrected chi connectivity index (χ4v) is 3.03. The lowest BCUT2D eigenvalue weighted by Crippen LogP contribution is -2.37. The molecule has 2 rings (SSSR count). The van der Waals surface area contributed by atoms with Crippen LogP contribution in [0.2, 0.25) is 0 Å². The number of ether oxygens (including phenoxy) is 1. The van der Waals surface area contributed by atoms with Gasteiger partial charge >= 0.3 is 0 Å². The summed E-state index contributed by atoms with van der Waals surface area (Å²) in [6, 6.07) is 6.77. The molecule has 0 radical (unpaired) electrons. The number of methoxy groups -OCH3 is 1. The molecule has 1 atom stereocenters. The third-order valence-electron chi connectivity index (χ3n) is 4.19. The van der Waals surface area contributed by atoms with E-state index >= 15 is 0 Å². The monoisotopic (exact) mass is 262 g/mol. The van der Waals surface area contributed by atoms with Crippen LogP contribution < -0.4 is 10.5 Å². The Morgan fingerprint density at radius 2 is 2.16 bits per heavy atom. The minimum Gasteiger partial charge on any atom is -0.496 e. The topological polar surface area (TPSA) is 38.5 Å². The van der Waals surface area contributed by atoms with E-state index in [2.05, 4.69) is 43.9 Å². The molecule has 1 aliphatic heterocycles. The summed E-state index contributed by atoms with van der Waals surface area (Å²) in [5.41, 5.74) is 8.91. The molecule has 106 valence electrons. The first-order valence-electron chi connectivity index (χ1n) is 7.12. The molecule has 1 aromatic rings. The zero-order valence-corrected chi connectivity index (χ0v) is 12.6. The summed E-state index contributed by atoms with van der Waals surface area (Å²) in [5.74, 6) is 0.980. The standard InChI is InChI=1S/C16H26N2O/c1-5-12-6-7-15(19-4)13(8-12)10-18-11-14(17)9-16(18,2)3/h6-8,14H,5,9-11,17H2,1-4H3. The Balaban J connectivity index is 2.22. The highest BCUT2D eigenvalue weighted by Gasteiger charge is 2.36. The van der Waals surface area contributed by atoms with E-state index in [1.54, 1.807) is 7.11 Å². The number of likely N-dealkylation sites (tertiary alicyclic amines) is 1. The largest absolute Gasteiger partial charge is 0.496 e. The molecule has 0 bridgehead atoms. The number of nitrogens with zero attached hydrogens (tertiary/aromatic N) is 1. The number of hydrogen-bond acceptors (Lipinski definition) is 3. The van der Waals surface area contributed by atoms with Crippen LogP contribution in [0, 0.1) is 0 Å². The normalized spacial score (nSPS) is 22.7. The van der Waals surface area contributed by atoms with E-state index < -0.39 is 0 Å². The average Bonchev–Trinajstić information content (AvgIpc) is 2.62. The maximum atomic E-state index is 6.11. The fourth-order valence-electron chi connectivity index (χ4n) is 3.03. The van der Waals surface area contributed by atoms with Crippen LogP contribution in [0.15, 0.2) is 18.2 Å². The molecule has 2 N–H and O–H groups in total. The molecule has 1 fully saturated rings. The van der Waals surface area contributed by atoms with Crippen molar-refractivity contribution in [3.05, 3.63) is 29.3 Å². The molecule has 1 unspecified atom stereocenters. The van der Waals surface area contributed by atoms with Gasteiger partial charge in [-0.25, -0.2) is 0 Å². The fraction of sp³-hybridized carbons (Fsp3) is 0.625. The summed E-state index contributed by atoms with van der Waals surface area (Å²) >= 11 is 0. The van der Waals surface area contributed by atoms with Crippen LogP contribution in [0.3, 0.4) is 0 Å². The predicted molar refractivity (Wildman–Crippen MR) is 79.5 cm³/mol. The summed E-state index contributed by atoms with van der Waals surface area (Å²) in [6.07, 6.45) is 2.11. The molecule has 0 aliphatic carbocycles. The van der Waals surface area contributed by atoms with Crippen molar-refractivity contribution >= 4 is 0 Å². The van der Waals surface area contributed by atoms with Gasteiger partial charge in [0.1, 0.15) is 5.75 Å². The van der Waals surface area contributed by atoms with Gasteiger partial charge < -0.3 is 10.5 Å². The lowest BCUT2D eigenvalue weighted by Gasteiger charge is -2.31. The van der Waals surface area contributed by atoms with Crippen molar-refractivity contribution in [3.63, 3.8) is 0 Å². The van der Waals surface area contributed by atoms with Gasteiger partial charge in [-0.2, -0.15) is 0 Å². The Morgan fingerprint density at radius 1 is 1.42 bits per heavy atom. The molecule has 1 aromatic carbocycles. The zero-order chi connectivity index (χ0) is 14.0.